The van der Waals surface area contributed by atoms with Crippen LogP contribution >= 0.6 is 0 Å². The number of carbonyl (C=O) groups is 2. The predicted octanol–water partition coefficient (Wildman–Crippen LogP) is 1.44. The van der Waals surface area contributed by atoms with Crippen molar-refractivity contribution in [2.75, 3.05) is 33.3 Å². The number of esters is 1. The summed E-state index contributed by atoms with van der Waals surface area (Å²) in [6.45, 7) is 6.44. The van der Waals surface area contributed by atoms with Crippen LogP contribution in [-0.4, -0.2) is 73.1 Å². The van der Waals surface area contributed by atoms with Crippen molar-refractivity contribution in [3.63, 3.8) is 0 Å². The van der Waals surface area contributed by atoms with Crippen LogP contribution in [0, 0.1) is 0 Å². The van der Waals surface area contributed by atoms with E-state index in [2.05, 4.69) is 4.74 Å². The first kappa shape index (κ1) is 21.2. The average Bonchev–Trinajstić information content (AvgIpc) is 2.80. The fourth-order valence-corrected chi connectivity index (χ4v) is 4.48. The number of sulfonamides is 1. The van der Waals surface area contributed by atoms with Gasteiger partial charge in [-0.25, -0.2) is 18.0 Å². The highest BCUT2D eigenvalue weighted by atomic mass is 32.2. The third kappa shape index (κ3) is 4.81. The summed E-state index contributed by atoms with van der Waals surface area (Å²) in [7, 11) is -1.07. The lowest BCUT2D eigenvalue weighted by Crippen LogP contribution is -2.40. The molecule has 0 radical (unpaired) electrons. The van der Waals surface area contributed by atoms with Gasteiger partial charge in [0.05, 0.1) is 7.11 Å². The highest BCUT2D eigenvalue weighted by Crippen LogP contribution is 2.21. The first-order valence-electron chi connectivity index (χ1n) is 8.69. The summed E-state index contributed by atoms with van der Waals surface area (Å²) in [5.41, 5.74) is -0.455. The number of hydrogen-bond acceptors (Lipinski definition) is 6. The molecule has 1 fully saturated rings. The van der Waals surface area contributed by atoms with Crippen LogP contribution in [0.3, 0.4) is 0 Å². The molecule has 0 saturated carbocycles. The van der Waals surface area contributed by atoms with Crippen molar-refractivity contribution in [1.29, 1.82) is 0 Å². The van der Waals surface area contributed by atoms with Crippen LogP contribution in [0.2, 0.25) is 0 Å². The predicted molar refractivity (Wildman–Crippen MR) is 97.9 cm³/mol. The molecular formula is C17H27N3O6S. The Morgan fingerprint density at radius 3 is 2.33 bits per heavy atom. The van der Waals surface area contributed by atoms with E-state index in [-0.39, 0.29) is 30.4 Å². The molecule has 0 aliphatic carbocycles. The van der Waals surface area contributed by atoms with E-state index in [1.807, 2.05) is 0 Å². The van der Waals surface area contributed by atoms with E-state index >= 15 is 0 Å². The van der Waals surface area contributed by atoms with Crippen molar-refractivity contribution in [3.05, 3.63) is 17.8 Å². The lowest BCUT2D eigenvalue weighted by atomic mass is 10.2. The molecule has 0 spiro atoms. The summed E-state index contributed by atoms with van der Waals surface area (Å²) >= 11 is 0. The topological polar surface area (TPSA) is 98.2 Å². The normalized spacial score (nSPS) is 16.7. The summed E-state index contributed by atoms with van der Waals surface area (Å²) in [4.78, 5) is 25.5. The third-order valence-electron chi connectivity index (χ3n) is 4.18. The Morgan fingerprint density at radius 2 is 1.74 bits per heavy atom. The minimum atomic E-state index is -3.81. The molecule has 1 amide bonds. The van der Waals surface area contributed by atoms with Gasteiger partial charge in [-0.3, -0.25) is 0 Å². The van der Waals surface area contributed by atoms with Gasteiger partial charge in [-0.05, 0) is 39.3 Å². The van der Waals surface area contributed by atoms with Crippen LogP contribution in [0.4, 0.5) is 4.79 Å². The Labute approximate surface area is 159 Å². The summed E-state index contributed by atoms with van der Waals surface area (Å²) in [5.74, 6) is -0.606. The molecule has 0 aromatic carbocycles. The molecule has 1 aliphatic heterocycles. The monoisotopic (exact) mass is 401 g/mol. The van der Waals surface area contributed by atoms with E-state index in [0.717, 1.165) is 0 Å². The molecular weight excluding hydrogens is 374 g/mol. The van der Waals surface area contributed by atoms with Crippen molar-refractivity contribution >= 4 is 22.1 Å². The maximum atomic E-state index is 13.0. The highest BCUT2D eigenvalue weighted by Gasteiger charge is 2.32. The molecule has 1 aliphatic rings. The minimum Gasteiger partial charge on any atom is -0.464 e. The second-order valence-corrected chi connectivity index (χ2v) is 9.22. The Kier molecular flexibility index (Phi) is 6.21. The summed E-state index contributed by atoms with van der Waals surface area (Å²) in [6.07, 6.45) is 0.0424. The van der Waals surface area contributed by atoms with Crippen LogP contribution in [0.1, 0.15) is 37.7 Å². The molecule has 2 heterocycles. The quantitative estimate of drug-likeness (QED) is 0.711. The Morgan fingerprint density at radius 1 is 1.07 bits per heavy atom. The highest BCUT2D eigenvalue weighted by molar-refractivity contribution is 7.89. The van der Waals surface area contributed by atoms with Gasteiger partial charge in [0.1, 0.15) is 11.3 Å². The number of carbonyl (C=O) groups excluding carboxylic acids is 2. The summed E-state index contributed by atoms with van der Waals surface area (Å²) < 4.78 is 38.7. The third-order valence-corrected chi connectivity index (χ3v) is 6.16. The van der Waals surface area contributed by atoms with Crippen molar-refractivity contribution in [3.8, 4) is 0 Å². The Balaban J connectivity index is 2.16. The second kappa shape index (κ2) is 7.89. The van der Waals surface area contributed by atoms with Gasteiger partial charge in [0.15, 0.2) is 5.03 Å². The van der Waals surface area contributed by atoms with Crippen molar-refractivity contribution < 1.29 is 27.5 Å². The average molecular weight is 401 g/mol. The SMILES string of the molecule is COC(=O)c1ccc(S(=O)(=O)N2CCCN(C(=O)OC(C)(C)C)CC2)n1C. The van der Waals surface area contributed by atoms with E-state index < -0.39 is 27.7 Å². The molecule has 1 aromatic rings. The number of hydrogen-bond donors (Lipinski definition) is 0. The lowest BCUT2D eigenvalue weighted by molar-refractivity contribution is 0.0260. The Bertz CT molecular complexity index is 809. The molecule has 9 nitrogen and oxygen atoms in total. The molecule has 1 aromatic heterocycles. The van der Waals surface area contributed by atoms with Gasteiger partial charge in [-0.2, -0.15) is 4.31 Å². The number of amides is 1. The summed E-state index contributed by atoms with van der Waals surface area (Å²) in [5, 5.41) is 0.00798. The zero-order valence-electron chi connectivity index (χ0n) is 16.4. The van der Waals surface area contributed by atoms with Crippen LogP contribution in [-0.2, 0) is 26.5 Å². The van der Waals surface area contributed by atoms with Gasteiger partial charge >= 0.3 is 12.1 Å². The van der Waals surface area contributed by atoms with Gasteiger partial charge in [0.25, 0.3) is 10.0 Å². The first-order chi connectivity index (χ1) is 12.5. The molecule has 1 saturated heterocycles. The largest absolute Gasteiger partial charge is 0.464 e. The van der Waals surface area contributed by atoms with Gasteiger partial charge < -0.3 is 18.9 Å². The van der Waals surface area contributed by atoms with E-state index in [0.29, 0.717) is 13.0 Å². The molecule has 2 rings (SSSR count). The zero-order chi connectivity index (χ0) is 20.4. The zero-order valence-corrected chi connectivity index (χ0v) is 17.2. The van der Waals surface area contributed by atoms with Crippen molar-refractivity contribution in [2.45, 2.75) is 37.8 Å². The number of methoxy groups -OCH3 is 1. The lowest BCUT2D eigenvalue weighted by Gasteiger charge is -2.26. The molecule has 0 bridgehead atoms. The van der Waals surface area contributed by atoms with Gasteiger partial charge in [-0.15, -0.1) is 0 Å². The van der Waals surface area contributed by atoms with Gasteiger partial charge in [0.2, 0.25) is 0 Å². The van der Waals surface area contributed by atoms with E-state index in [1.54, 1.807) is 20.8 Å². The molecule has 0 N–H and O–H groups in total. The van der Waals surface area contributed by atoms with Gasteiger partial charge in [0, 0.05) is 33.2 Å². The van der Waals surface area contributed by atoms with E-state index in [4.69, 9.17) is 4.74 Å². The van der Waals surface area contributed by atoms with Gasteiger partial charge in [-0.1, -0.05) is 0 Å². The first-order valence-corrected chi connectivity index (χ1v) is 10.1. The number of aromatic nitrogens is 1. The number of rotatable bonds is 3. The molecule has 10 heteroatoms. The molecule has 152 valence electrons. The number of ether oxygens (including phenoxy) is 2. The molecule has 0 unspecified atom stereocenters. The van der Waals surface area contributed by atoms with E-state index in [9.17, 15) is 18.0 Å². The standard InChI is InChI=1S/C17H27N3O6S/c1-17(2,3)26-16(22)19-9-6-10-20(12-11-19)27(23,24)14-8-7-13(18(14)4)15(21)25-5/h7-8H,6,9-12H2,1-5H3. The number of nitrogens with zero attached hydrogens (tertiary/aromatic N) is 3. The maximum absolute atomic E-state index is 13.0. The molecule has 27 heavy (non-hydrogen) atoms. The van der Waals surface area contributed by atoms with Crippen molar-refractivity contribution in [1.82, 2.24) is 13.8 Å². The molecule has 0 atom stereocenters. The minimum absolute atomic E-state index is 0.00798. The maximum Gasteiger partial charge on any atom is 0.410 e. The second-order valence-electron chi connectivity index (χ2n) is 7.33. The fraction of sp³-hybridized carbons (Fsp3) is 0.647. The van der Waals surface area contributed by atoms with Crippen LogP contribution in [0.5, 0.6) is 0 Å². The summed E-state index contributed by atoms with van der Waals surface area (Å²) in [6, 6.07) is 2.81. The van der Waals surface area contributed by atoms with Crippen molar-refractivity contribution in [2.24, 2.45) is 7.05 Å². The van der Waals surface area contributed by atoms with Crippen LogP contribution in [0.15, 0.2) is 17.2 Å². The van der Waals surface area contributed by atoms with E-state index in [1.165, 1.54) is 40.1 Å². The van der Waals surface area contributed by atoms with Crippen LogP contribution < -0.4 is 0 Å². The van der Waals surface area contributed by atoms with Crippen LogP contribution in [0.25, 0.3) is 0 Å². The Hall–Kier alpha value is -2.07. The smallest absolute Gasteiger partial charge is 0.410 e. The fourth-order valence-electron chi connectivity index (χ4n) is 2.84.